The quantitative estimate of drug-likeness (QED) is 0.753. The van der Waals surface area contributed by atoms with Crippen LogP contribution in [0.3, 0.4) is 0 Å². The maximum absolute atomic E-state index is 11.7. The first kappa shape index (κ1) is 18.2. The number of urea groups is 1. The van der Waals surface area contributed by atoms with E-state index in [4.69, 9.17) is 4.74 Å². The minimum atomic E-state index is -0.676. The molecule has 0 aliphatic rings. The highest BCUT2D eigenvalue weighted by Gasteiger charge is 2.12. The van der Waals surface area contributed by atoms with Crippen molar-refractivity contribution in [3.63, 3.8) is 0 Å². The molecule has 0 aliphatic carbocycles. The van der Waals surface area contributed by atoms with Gasteiger partial charge in [-0.3, -0.25) is 10.1 Å². The number of imide groups is 1. The molecule has 0 aromatic heterocycles. The summed E-state index contributed by atoms with van der Waals surface area (Å²) in [6.45, 7) is 4.04. The van der Waals surface area contributed by atoms with Crippen molar-refractivity contribution in [2.24, 2.45) is 5.92 Å². The van der Waals surface area contributed by atoms with Crippen LogP contribution >= 0.6 is 15.9 Å². The third-order valence-corrected chi connectivity index (χ3v) is 3.15. The zero-order valence-corrected chi connectivity index (χ0v) is 14.1. The van der Waals surface area contributed by atoms with Crippen molar-refractivity contribution < 1.29 is 19.1 Å². The summed E-state index contributed by atoms with van der Waals surface area (Å²) in [4.78, 5) is 34.6. The summed E-state index contributed by atoms with van der Waals surface area (Å²) in [7, 11) is 0. The van der Waals surface area contributed by atoms with Crippen LogP contribution in [0.5, 0.6) is 0 Å². The van der Waals surface area contributed by atoms with Crippen molar-refractivity contribution in [2.75, 3.05) is 13.2 Å². The van der Waals surface area contributed by atoms with Gasteiger partial charge < -0.3 is 10.1 Å². The van der Waals surface area contributed by atoms with Crippen LogP contribution in [0.1, 0.15) is 30.6 Å². The topological polar surface area (TPSA) is 84.5 Å². The van der Waals surface area contributed by atoms with Gasteiger partial charge in [0.05, 0.1) is 5.56 Å². The highest BCUT2D eigenvalue weighted by Crippen LogP contribution is 2.12. The van der Waals surface area contributed by atoms with Crippen LogP contribution in [0, 0.1) is 5.92 Å². The highest BCUT2D eigenvalue weighted by molar-refractivity contribution is 9.10. The zero-order chi connectivity index (χ0) is 16.5. The standard InChI is InChI=1S/C15H19BrN2O4/c1-10(2)6-7-17-15(21)18-13(19)9-22-14(20)11-4-3-5-12(16)8-11/h3-5,8,10H,6-7,9H2,1-2H3,(H2,17,18,19,21). The SMILES string of the molecule is CC(C)CCNC(=O)NC(=O)COC(=O)c1cccc(Br)c1. The molecule has 6 nitrogen and oxygen atoms in total. The molecule has 0 bridgehead atoms. The minimum absolute atomic E-state index is 0.323. The lowest BCUT2D eigenvalue weighted by Crippen LogP contribution is -2.41. The molecule has 0 atom stereocenters. The normalized spacial score (nSPS) is 10.2. The molecule has 1 aromatic rings. The van der Waals surface area contributed by atoms with Gasteiger partial charge in [-0.2, -0.15) is 0 Å². The van der Waals surface area contributed by atoms with Crippen LogP contribution in [-0.4, -0.2) is 31.1 Å². The predicted molar refractivity (Wildman–Crippen MR) is 85.4 cm³/mol. The van der Waals surface area contributed by atoms with Crippen LogP contribution in [0.25, 0.3) is 0 Å². The van der Waals surface area contributed by atoms with Gasteiger partial charge in [0.1, 0.15) is 0 Å². The van der Waals surface area contributed by atoms with Gasteiger partial charge in [-0.25, -0.2) is 9.59 Å². The van der Waals surface area contributed by atoms with Crippen molar-refractivity contribution in [1.29, 1.82) is 0 Å². The molecule has 0 aliphatic heterocycles. The number of carbonyl (C=O) groups excluding carboxylic acids is 3. The maximum Gasteiger partial charge on any atom is 0.338 e. The van der Waals surface area contributed by atoms with E-state index in [1.165, 1.54) is 0 Å². The van der Waals surface area contributed by atoms with Gasteiger partial charge in [0, 0.05) is 11.0 Å². The van der Waals surface area contributed by atoms with E-state index in [0.717, 1.165) is 10.9 Å². The van der Waals surface area contributed by atoms with Gasteiger partial charge in [-0.15, -0.1) is 0 Å². The van der Waals surface area contributed by atoms with Crippen LogP contribution < -0.4 is 10.6 Å². The largest absolute Gasteiger partial charge is 0.452 e. The molecule has 0 saturated heterocycles. The minimum Gasteiger partial charge on any atom is -0.452 e. The first-order valence-corrected chi connectivity index (χ1v) is 7.68. The number of ether oxygens (including phenoxy) is 1. The van der Waals surface area contributed by atoms with Crippen LogP contribution in [0.4, 0.5) is 4.79 Å². The Balaban J connectivity index is 2.30. The van der Waals surface area contributed by atoms with Crippen LogP contribution in [0.15, 0.2) is 28.7 Å². The molecule has 0 heterocycles. The van der Waals surface area contributed by atoms with Gasteiger partial charge >= 0.3 is 12.0 Å². The lowest BCUT2D eigenvalue weighted by Gasteiger charge is -2.08. The Morgan fingerprint density at radius 2 is 2.00 bits per heavy atom. The van der Waals surface area contributed by atoms with Crippen LogP contribution in [-0.2, 0) is 9.53 Å². The smallest absolute Gasteiger partial charge is 0.338 e. The fourth-order valence-corrected chi connectivity index (χ4v) is 1.91. The molecular weight excluding hydrogens is 352 g/mol. The molecule has 0 radical (unpaired) electrons. The van der Waals surface area contributed by atoms with Crippen molar-refractivity contribution in [3.05, 3.63) is 34.3 Å². The molecular formula is C15H19BrN2O4. The molecule has 22 heavy (non-hydrogen) atoms. The number of hydrogen-bond acceptors (Lipinski definition) is 4. The van der Waals surface area contributed by atoms with Gasteiger partial charge in [0.15, 0.2) is 6.61 Å². The summed E-state index contributed by atoms with van der Waals surface area (Å²) < 4.78 is 5.57. The second-order valence-corrected chi connectivity index (χ2v) is 5.99. The van der Waals surface area contributed by atoms with Crippen molar-refractivity contribution in [2.45, 2.75) is 20.3 Å². The Kier molecular flexibility index (Phi) is 7.59. The van der Waals surface area contributed by atoms with E-state index in [0.29, 0.717) is 18.0 Å². The third kappa shape index (κ3) is 7.21. The summed E-state index contributed by atoms with van der Waals surface area (Å²) in [5.74, 6) is -0.843. The van der Waals surface area contributed by atoms with E-state index in [1.54, 1.807) is 24.3 Å². The van der Waals surface area contributed by atoms with E-state index in [2.05, 4.69) is 26.6 Å². The second kappa shape index (κ2) is 9.19. The Labute approximate surface area is 137 Å². The Hall–Kier alpha value is -1.89. The molecule has 3 amide bonds. The Morgan fingerprint density at radius 3 is 2.64 bits per heavy atom. The number of benzene rings is 1. The lowest BCUT2D eigenvalue weighted by molar-refractivity contribution is -0.123. The number of esters is 1. The zero-order valence-electron chi connectivity index (χ0n) is 12.5. The number of rotatable bonds is 6. The number of halogens is 1. The molecule has 1 rings (SSSR count). The van der Waals surface area contributed by atoms with Crippen LogP contribution in [0.2, 0.25) is 0 Å². The second-order valence-electron chi connectivity index (χ2n) is 5.07. The van der Waals surface area contributed by atoms with Gasteiger partial charge in [-0.1, -0.05) is 35.8 Å². The predicted octanol–water partition coefficient (Wildman–Crippen LogP) is 2.48. The first-order valence-electron chi connectivity index (χ1n) is 6.89. The molecule has 0 unspecified atom stereocenters. The third-order valence-electron chi connectivity index (χ3n) is 2.65. The van der Waals surface area contributed by atoms with Crippen molar-refractivity contribution in [1.82, 2.24) is 10.6 Å². The summed E-state index contributed by atoms with van der Waals surface area (Å²) in [6.07, 6.45) is 0.819. The number of amides is 3. The molecule has 120 valence electrons. The van der Waals surface area contributed by atoms with E-state index >= 15 is 0 Å². The Bertz CT molecular complexity index is 546. The number of hydrogen-bond donors (Lipinski definition) is 2. The van der Waals surface area contributed by atoms with E-state index < -0.39 is 24.5 Å². The van der Waals surface area contributed by atoms with Gasteiger partial charge in [0.2, 0.25) is 0 Å². The maximum atomic E-state index is 11.7. The average Bonchev–Trinajstić information content (AvgIpc) is 2.44. The molecule has 0 fully saturated rings. The van der Waals surface area contributed by atoms with Gasteiger partial charge in [0.25, 0.3) is 5.91 Å². The first-order chi connectivity index (χ1) is 10.4. The Morgan fingerprint density at radius 1 is 1.27 bits per heavy atom. The number of nitrogens with one attached hydrogen (secondary N) is 2. The van der Waals surface area contributed by atoms with E-state index in [9.17, 15) is 14.4 Å². The molecule has 1 aromatic carbocycles. The van der Waals surface area contributed by atoms with E-state index in [-0.39, 0.29) is 0 Å². The molecule has 7 heteroatoms. The fraction of sp³-hybridized carbons (Fsp3) is 0.400. The van der Waals surface area contributed by atoms with Crippen molar-refractivity contribution >= 4 is 33.8 Å². The summed E-state index contributed by atoms with van der Waals surface area (Å²) in [5.41, 5.74) is 0.323. The lowest BCUT2D eigenvalue weighted by atomic mass is 10.1. The highest BCUT2D eigenvalue weighted by atomic mass is 79.9. The summed E-state index contributed by atoms with van der Waals surface area (Å²) in [6, 6.07) is 6.01. The fourth-order valence-electron chi connectivity index (χ4n) is 1.51. The molecule has 0 spiro atoms. The molecule has 2 N–H and O–H groups in total. The summed E-state index contributed by atoms with van der Waals surface area (Å²) >= 11 is 3.24. The van der Waals surface area contributed by atoms with E-state index in [1.807, 2.05) is 13.8 Å². The number of carbonyl (C=O) groups is 3. The summed E-state index contributed by atoms with van der Waals surface area (Å²) in [5, 5.41) is 4.65. The average molecular weight is 371 g/mol. The van der Waals surface area contributed by atoms with Crippen molar-refractivity contribution in [3.8, 4) is 0 Å². The monoisotopic (exact) mass is 370 g/mol. The van der Waals surface area contributed by atoms with Gasteiger partial charge in [-0.05, 0) is 30.5 Å². The molecule has 0 saturated carbocycles.